The van der Waals surface area contributed by atoms with E-state index in [4.69, 9.17) is 16.0 Å². The molecule has 3 aromatic rings. The Bertz CT molecular complexity index is 851. The van der Waals surface area contributed by atoms with Crippen LogP contribution in [0, 0.1) is 10.5 Å². The van der Waals surface area contributed by atoms with Gasteiger partial charge in [-0.1, -0.05) is 23.2 Å². The van der Waals surface area contributed by atoms with Crippen LogP contribution in [0.5, 0.6) is 0 Å². The molecule has 1 aromatic heterocycles. The van der Waals surface area contributed by atoms with Crippen molar-refractivity contribution in [1.29, 1.82) is 0 Å². The van der Waals surface area contributed by atoms with E-state index in [1.165, 1.54) is 0 Å². The second-order valence-corrected chi connectivity index (χ2v) is 6.10. The Kier molecular flexibility index (Phi) is 3.56. The van der Waals surface area contributed by atoms with Gasteiger partial charge in [0.2, 0.25) is 5.43 Å². The standard InChI is InChI=1S/C16H10ClIO2/c1-9-2-7-13-12(8-9)15(19)14(18)16(20-13)10-3-5-11(17)6-4-10/h2-8H,1H3. The normalized spacial score (nSPS) is 10.9. The lowest BCUT2D eigenvalue weighted by Crippen LogP contribution is -2.07. The van der Waals surface area contributed by atoms with E-state index in [0.717, 1.165) is 11.1 Å². The van der Waals surface area contributed by atoms with Crippen molar-refractivity contribution in [2.45, 2.75) is 6.92 Å². The summed E-state index contributed by atoms with van der Waals surface area (Å²) in [6.45, 7) is 1.96. The molecule has 2 nitrogen and oxygen atoms in total. The van der Waals surface area contributed by atoms with E-state index in [0.29, 0.717) is 25.3 Å². The summed E-state index contributed by atoms with van der Waals surface area (Å²) in [7, 11) is 0. The van der Waals surface area contributed by atoms with Gasteiger partial charge >= 0.3 is 0 Å². The second kappa shape index (κ2) is 5.22. The van der Waals surface area contributed by atoms with Crippen LogP contribution in [-0.4, -0.2) is 0 Å². The van der Waals surface area contributed by atoms with Gasteiger partial charge in [0.1, 0.15) is 9.15 Å². The topological polar surface area (TPSA) is 30.2 Å². The fraction of sp³-hybridized carbons (Fsp3) is 0.0625. The van der Waals surface area contributed by atoms with Gasteiger partial charge in [-0.25, -0.2) is 0 Å². The van der Waals surface area contributed by atoms with Crippen molar-refractivity contribution in [3.8, 4) is 11.3 Å². The fourth-order valence-corrected chi connectivity index (χ4v) is 2.91. The lowest BCUT2D eigenvalue weighted by Gasteiger charge is -2.06. The Morgan fingerprint density at radius 3 is 2.50 bits per heavy atom. The molecule has 0 spiro atoms. The van der Waals surface area contributed by atoms with Crippen LogP contribution in [0.3, 0.4) is 0 Å². The molecule has 0 unspecified atom stereocenters. The van der Waals surface area contributed by atoms with Crippen molar-refractivity contribution in [1.82, 2.24) is 0 Å². The molecule has 0 aliphatic carbocycles. The minimum atomic E-state index is 0.000463. The Hall–Kier alpha value is -1.33. The molecule has 2 aromatic carbocycles. The molecule has 0 atom stereocenters. The van der Waals surface area contributed by atoms with Gasteiger partial charge in [-0.15, -0.1) is 0 Å². The van der Waals surface area contributed by atoms with Crippen molar-refractivity contribution < 1.29 is 4.42 Å². The van der Waals surface area contributed by atoms with Crippen molar-refractivity contribution in [3.05, 3.63) is 66.8 Å². The molecular formula is C16H10ClIO2. The maximum absolute atomic E-state index is 12.4. The van der Waals surface area contributed by atoms with Gasteiger partial charge in [0, 0.05) is 10.6 Å². The Morgan fingerprint density at radius 1 is 1.10 bits per heavy atom. The number of rotatable bonds is 1. The number of fused-ring (bicyclic) bond motifs is 1. The van der Waals surface area contributed by atoms with E-state index in [9.17, 15) is 4.79 Å². The summed E-state index contributed by atoms with van der Waals surface area (Å²) in [5.41, 5.74) is 2.49. The van der Waals surface area contributed by atoms with Crippen LogP contribution in [0.1, 0.15) is 5.56 Å². The summed E-state index contributed by atoms with van der Waals surface area (Å²) in [4.78, 5) is 12.4. The van der Waals surface area contributed by atoms with Crippen LogP contribution in [0.4, 0.5) is 0 Å². The maximum Gasteiger partial charge on any atom is 0.206 e. The zero-order valence-corrected chi connectivity index (χ0v) is 13.5. The fourth-order valence-electron chi connectivity index (χ4n) is 2.07. The van der Waals surface area contributed by atoms with E-state index in [1.54, 1.807) is 12.1 Å². The zero-order chi connectivity index (χ0) is 14.3. The maximum atomic E-state index is 12.4. The summed E-state index contributed by atoms with van der Waals surface area (Å²) < 4.78 is 6.49. The zero-order valence-electron chi connectivity index (χ0n) is 10.6. The Labute approximate surface area is 134 Å². The van der Waals surface area contributed by atoms with Crippen molar-refractivity contribution in [2.24, 2.45) is 0 Å². The molecule has 0 aliphatic heterocycles. The summed E-state index contributed by atoms with van der Waals surface area (Å²) in [5.74, 6) is 0.587. The SMILES string of the molecule is Cc1ccc2oc(-c3ccc(Cl)cc3)c(I)c(=O)c2c1. The quantitative estimate of drug-likeness (QED) is 0.540. The van der Waals surface area contributed by atoms with Crippen LogP contribution in [0.25, 0.3) is 22.3 Å². The van der Waals surface area contributed by atoms with E-state index in [-0.39, 0.29) is 5.43 Å². The molecule has 20 heavy (non-hydrogen) atoms. The minimum Gasteiger partial charge on any atom is -0.455 e. The number of hydrogen-bond donors (Lipinski definition) is 0. The molecule has 0 fully saturated rings. The summed E-state index contributed by atoms with van der Waals surface area (Å²) in [6.07, 6.45) is 0. The molecule has 3 rings (SSSR count). The van der Waals surface area contributed by atoms with Gasteiger partial charge in [0.25, 0.3) is 0 Å². The third-order valence-corrected chi connectivity index (χ3v) is 4.33. The number of halogens is 2. The first-order chi connectivity index (χ1) is 9.56. The average molecular weight is 397 g/mol. The molecule has 4 heteroatoms. The highest BCUT2D eigenvalue weighted by molar-refractivity contribution is 14.1. The molecule has 0 aliphatic rings. The average Bonchev–Trinajstić information content (AvgIpc) is 2.44. The molecule has 100 valence electrons. The molecule has 0 saturated carbocycles. The largest absolute Gasteiger partial charge is 0.455 e. The summed E-state index contributed by atoms with van der Waals surface area (Å²) in [5, 5.41) is 1.27. The molecule has 0 radical (unpaired) electrons. The van der Waals surface area contributed by atoms with E-state index in [1.807, 2.05) is 59.8 Å². The highest BCUT2D eigenvalue weighted by atomic mass is 127. The first-order valence-electron chi connectivity index (χ1n) is 6.05. The third-order valence-electron chi connectivity index (χ3n) is 3.10. The lowest BCUT2D eigenvalue weighted by atomic mass is 10.1. The van der Waals surface area contributed by atoms with Crippen molar-refractivity contribution in [3.63, 3.8) is 0 Å². The first kappa shape index (κ1) is 13.6. The van der Waals surface area contributed by atoms with Gasteiger partial charge in [0.15, 0.2) is 5.76 Å². The lowest BCUT2D eigenvalue weighted by molar-refractivity contribution is 0.615. The first-order valence-corrected chi connectivity index (χ1v) is 7.51. The van der Waals surface area contributed by atoms with Crippen molar-refractivity contribution in [2.75, 3.05) is 0 Å². The monoisotopic (exact) mass is 396 g/mol. The predicted molar refractivity (Wildman–Crippen MR) is 90.4 cm³/mol. The van der Waals surface area contributed by atoms with Crippen LogP contribution in [0.15, 0.2) is 51.7 Å². The smallest absolute Gasteiger partial charge is 0.206 e. The summed E-state index contributed by atoms with van der Waals surface area (Å²) in [6, 6.07) is 12.9. The van der Waals surface area contributed by atoms with Gasteiger partial charge in [-0.3, -0.25) is 4.79 Å². The van der Waals surface area contributed by atoms with E-state index in [2.05, 4.69) is 0 Å². The van der Waals surface area contributed by atoms with Gasteiger partial charge in [0.05, 0.1) is 5.39 Å². The Balaban J connectivity index is 2.32. The van der Waals surface area contributed by atoms with E-state index < -0.39 is 0 Å². The number of benzene rings is 2. The van der Waals surface area contributed by atoms with Crippen LogP contribution >= 0.6 is 34.2 Å². The highest BCUT2D eigenvalue weighted by Crippen LogP contribution is 2.28. The number of hydrogen-bond acceptors (Lipinski definition) is 2. The van der Waals surface area contributed by atoms with Crippen LogP contribution in [-0.2, 0) is 0 Å². The van der Waals surface area contributed by atoms with Crippen molar-refractivity contribution >= 4 is 45.2 Å². The third kappa shape index (κ3) is 2.36. The predicted octanol–water partition coefficient (Wildman–Crippen LogP) is 5.03. The minimum absolute atomic E-state index is 0.000463. The van der Waals surface area contributed by atoms with Crippen LogP contribution in [0.2, 0.25) is 5.02 Å². The summed E-state index contributed by atoms with van der Waals surface area (Å²) >= 11 is 7.93. The Morgan fingerprint density at radius 2 is 1.80 bits per heavy atom. The molecule has 1 heterocycles. The molecular weight excluding hydrogens is 387 g/mol. The van der Waals surface area contributed by atoms with E-state index >= 15 is 0 Å². The van der Waals surface area contributed by atoms with Crippen LogP contribution < -0.4 is 5.43 Å². The molecule has 0 amide bonds. The molecule has 0 saturated heterocycles. The van der Waals surface area contributed by atoms with Gasteiger partial charge < -0.3 is 4.42 Å². The van der Waals surface area contributed by atoms with Gasteiger partial charge in [-0.2, -0.15) is 0 Å². The highest BCUT2D eigenvalue weighted by Gasteiger charge is 2.13. The molecule has 0 bridgehead atoms. The number of aryl methyl sites for hydroxylation is 1. The molecule has 0 N–H and O–H groups in total. The van der Waals surface area contributed by atoms with Gasteiger partial charge in [-0.05, 0) is 65.9 Å². The second-order valence-electron chi connectivity index (χ2n) is 4.58.